The summed E-state index contributed by atoms with van der Waals surface area (Å²) in [6, 6.07) is 19.0. The Balaban J connectivity index is 1.39. The minimum absolute atomic E-state index is 0.752. The SMILES string of the molecule is CCCCCC1CCC(c2ccccc2-c2ccc(C3CCC(CCC)CC3)cc2)CC1. The highest BCUT2D eigenvalue weighted by Gasteiger charge is 2.25. The molecule has 2 aliphatic carbocycles. The first-order chi connectivity index (χ1) is 15.8. The average Bonchev–Trinajstić information content (AvgIpc) is 2.86. The summed E-state index contributed by atoms with van der Waals surface area (Å²) in [7, 11) is 0. The molecule has 0 heterocycles. The van der Waals surface area contributed by atoms with Crippen molar-refractivity contribution in [1.82, 2.24) is 0 Å². The fourth-order valence-electron chi connectivity index (χ4n) is 6.69. The smallest absolute Gasteiger partial charge is 0.0149 e. The van der Waals surface area contributed by atoms with Crippen molar-refractivity contribution >= 4 is 0 Å². The van der Waals surface area contributed by atoms with Crippen LogP contribution in [-0.4, -0.2) is 0 Å². The van der Waals surface area contributed by atoms with Gasteiger partial charge in [-0.25, -0.2) is 0 Å². The van der Waals surface area contributed by atoms with Gasteiger partial charge in [-0.15, -0.1) is 0 Å². The number of rotatable bonds is 9. The van der Waals surface area contributed by atoms with E-state index in [1.54, 1.807) is 11.1 Å². The second-order valence-corrected chi connectivity index (χ2v) is 10.9. The summed E-state index contributed by atoms with van der Waals surface area (Å²) in [5.74, 6) is 3.51. The van der Waals surface area contributed by atoms with E-state index in [0.717, 1.165) is 23.7 Å². The summed E-state index contributed by atoms with van der Waals surface area (Å²) in [5, 5.41) is 0. The highest BCUT2D eigenvalue weighted by atomic mass is 14.3. The largest absolute Gasteiger partial charge is 0.0654 e. The van der Waals surface area contributed by atoms with Crippen LogP contribution in [-0.2, 0) is 0 Å². The van der Waals surface area contributed by atoms with Gasteiger partial charge in [-0.3, -0.25) is 0 Å². The lowest BCUT2D eigenvalue weighted by atomic mass is 9.75. The van der Waals surface area contributed by atoms with Crippen molar-refractivity contribution in [3.05, 3.63) is 59.7 Å². The molecule has 2 fully saturated rings. The topological polar surface area (TPSA) is 0 Å². The second-order valence-electron chi connectivity index (χ2n) is 10.9. The Morgan fingerprint density at radius 3 is 1.88 bits per heavy atom. The molecule has 0 nitrogen and oxygen atoms in total. The van der Waals surface area contributed by atoms with E-state index < -0.39 is 0 Å². The van der Waals surface area contributed by atoms with E-state index in [1.807, 2.05) is 0 Å². The quantitative estimate of drug-likeness (QED) is 0.347. The second kappa shape index (κ2) is 12.1. The third-order valence-corrected chi connectivity index (χ3v) is 8.70. The molecule has 2 aliphatic rings. The Bertz CT molecular complexity index is 785. The van der Waals surface area contributed by atoms with Crippen LogP contribution in [0.5, 0.6) is 0 Å². The maximum atomic E-state index is 2.45. The molecular formula is C32H46. The molecule has 0 unspecified atom stereocenters. The maximum Gasteiger partial charge on any atom is -0.0149 e. The fourth-order valence-corrected chi connectivity index (χ4v) is 6.69. The lowest BCUT2D eigenvalue weighted by Gasteiger charge is -2.30. The van der Waals surface area contributed by atoms with Crippen molar-refractivity contribution in [3.8, 4) is 11.1 Å². The first-order valence-electron chi connectivity index (χ1n) is 14.0. The number of benzene rings is 2. The van der Waals surface area contributed by atoms with Gasteiger partial charge in [0.1, 0.15) is 0 Å². The van der Waals surface area contributed by atoms with Crippen molar-refractivity contribution in [3.63, 3.8) is 0 Å². The first-order valence-corrected chi connectivity index (χ1v) is 14.0. The third-order valence-electron chi connectivity index (χ3n) is 8.70. The van der Waals surface area contributed by atoms with Gasteiger partial charge in [0.05, 0.1) is 0 Å². The van der Waals surface area contributed by atoms with E-state index >= 15 is 0 Å². The van der Waals surface area contributed by atoms with Gasteiger partial charge < -0.3 is 0 Å². The van der Waals surface area contributed by atoms with E-state index in [9.17, 15) is 0 Å². The molecule has 2 saturated carbocycles. The normalized spacial score (nSPS) is 26.2. The van der Waals surface area contributed by atoms with Crippen LogP contribution in [0.25, 0.3) is 11.1 Å². The van der Waals surface area contributed by atoms with E-state index in [-0.39, 0.29) is 0 Å². The summed E-state index contributed by atoms with van der Waals surface area (Å²) >= 11 is 0. The Morgan fingerprint density at radius 2 is 1.22 bits per heavy atom. The molecule has 0 radical (unpaired) electrons. The molecule has 4 rings (SSSR count). The maximum absolute atomic E-state index is 2.45. The van der Waals surface area contributed by atoms with Gasteiger partial charge in [0.2, 0.25) is 0 Å². The number of hydrogen-bond acceptors (Lipinski definition) is 0. The van der Waals surface area contributed by atoms with Crippen molar-refractivity contribution in [2.24, 2.45) is 11.8 Å². The Kier molecular flexibility index (Phi) is 8.89. The standard InChI is InChI=1S/C32H46/c1-3-5-6-10-26-15-19-29(20-16-26)31-11-7-8-12-32(31)30-23-21-28(22-24-30)27-17-13-25(9-4-2)14-18-27/h7-8,11-12,21-27,29H,3-6,9-10,13-20H2,1-2H3. The van der Waals surface area contributed by atoms with Crippen LogP contribution in [0, 0.1) is 11.8 Å². The molecule has 2 aromatic rings. The van der Waals surface area contributed by atoms with Gasteiger partial charge >= 0.3 is 0 Å². The van der Waals surface area contributed by atoms with Crippen LogP contribution in [0.15, 0.2) is 48.5 Å². The third kappa shape index (κ3) is 6.06. The molecule has 174 valence electrons. The first kappa shape index (κ1) is 23.6. The average molecular weight is 431 g/mol. The lowest BCUT2D eigenvalue weighted by Crippen LogP contribution is -2.14. The van der Waals surface area contributed by atoms with Gasteiger partial charge in [0.25, 0.3) is 0 Å². The predicted octanol–water partition coefficient (Wildman–Crippen LogP) is 10.3. The van der Waals surface area contributed by atoms with Crippen LogP contribution < -0.4 is 0 Å². The number of hydrogen-bond donors (Lipinski definition) is 0. The number of unbranched alkanes of at least 4 members (excludes halogenated alkanes) is 2. The van der Waals surface area contributed by atoms with Gasteiger partial charge in [-0.05, 0) is 97.3 Å². The van der Waals surface area contributed by atoms with Gasteiger partial charge in [-0.2, -0.15) is 0 Å². The zero-order valence-corrected chi connectivity index (χ0v) is 20.8. The van der Waals surface area contributed by atoms with E-state index in [2.05, 4.69) is 62.4 Å². The monoisotopic (exact) mass is 430 g/mol. The van der Waals surface area contributed by atoms with Gasteiger partial charge in [0.15, 0.2) is 0 Å². The molecule has 0 N–H and O–H groups in total. The Morgan fingerprint density at radius 1 is 0.594 bits per heavy atom. The molecule has 0 spiro atoms. The lowest BCUT2D eigenvalue weighted by molar-refractivity contribution is 0.303. The van der Waals surface area contributed by atoms with Crippen LogP contribution in [0.2, 0.25) is 0 Å². The summed E-state index contributed by atoms with van der Waals surface area (Å²) in [6.07, 6.45) is 19.7. The minimum Gasteiger partial charge on any atom is -0.0654 e. The summed E-state index contributed by atoms with van der Waals surface area (Å²) in [6.45, 7) is 4.65. The van der Waals surface area contributed by atoms with E-state index in [1.165, 1.54) is 101 Å². The zero-order chi connectivity index (χ0) is 22.2. The molecule has 0 aliphatic heterocycles. The highest BCUT2D eigenvalue weighted by Crippen LogP contribution is 2.42. The molecule has 0 aromatic heterocycles. The summed E-state index contributed by atoms with van der Waals surface area (Å²) < 4.78 is 0. The van der Waals surface area contributed by atoms with Crippen LogP contribution in [0.3, 0.4) is 0 Å². The molecule has 0 amide bonds. The Hall–Kier alpha value is -1.56. The van der Waals surface area contributed by atoms with Gasteiger partial charge in [0, 0.05) is 0 Å². The van der Waals surface area contributed by atoms with E-state index in [0.29, 0.717) is 0 Å². The molecule has 32 heavy (non-hydrogen) atoms. The molecule has 0 heteroatoms. The molecule has 0 atom stereocenters. The summed E-state index contributed by atoms with van der Waals surface area (Å²) in [4.78, 5) is 0. The molecule has 0 saturated heterocycles. The highest BCUT2D eigenvalue weighted by molar-refractivity contribution is 5.68. The van der Waals surface area contributed by atoms with Gasteiger partial charge in [-0.1, -0.05) is 101 Å². The minimum atomic E-state index is 0.752. The predicted molar refractivity (Wildman–Crippen MR) is 140 cm³/mol. The van der Waals surface area contributed by atoms with Crippen LogP contribution in [0.4, 0.5) is 0 Å². The van der Waals surface area contributed by atoms with E-state index in [4.69, 9.17) is 0 Å². The van der Waals surface area contributed by atoms with Crippen molar-refractivity contribution in [2.75, 3.05) is 0 Å². The zero-order valence-electron chi connectivity index (χ0n) is 20.8. The fraction of sp³-hybridized carbons (Fsp3) is 0.625. The van der Waals surface area contributed by atoms with Crippen molar-refractivity contribution in [2.45, 2.75) is 116 Å². The molecule has 0 bridgehead atoms. The van der Waals surface area contributed by atoms with Crippen LogP contribution in [0.1, 0.15) is 127 Å². The molecule has 2 aromatic carbocycles. The van der Waals surface area contributed by atoms with Crippen LogP contribution >= 0.6 is 0 Å². The van der Waals surface area contributed by atoms with Crippen molar-refractivity contribution in [1.29, 1.82) is 0 Å². The Labute approximate surface area is 198 Å². The summed E-state index contributed by atoms with van der Waals surface area (Å²) in [5.41, 5.74) is 6.09. The molecular weight excluding hydrogens is 384 g/mol. The van der Waals surface area contributed by atoms with Crippen molar-refractivity contribution < 1.29 is 0 Å².